The fourth-order valence-corrected chi connectivity index (χ4v) is 5.23. The predicted molar refractivity (Wildman–Crippen MR) is 103 cm³/mol. The fraction of sp³-hybridized carbons (Fsp3) is 0.476. The summed E-state index contributed by atoms with van der Waals surface area (Å²) in [5.74, 6) is -1.04. The quantitative estimate of drug-likeness (QED) is 0.620. The van der Waals surface area contributed by atoms with Gasteiger partial charge in [0.1, 0.15) is 5.75 Å². The zero-order valence-electron chi connectivity index (χ0n) is 16.1. The summed E-state index contributed by atoms with van der Waals surface area (Å²) < 4.78 is 5.45. The van der Waals surface area contributed by atoms with Gasteiger partial charge in [-0.25, -0.2) is 0 Å². The molecule has 4 atom stereocenters. The number of fused-ring (bicyclic) bond motifs is 5. The Balaban J connectivity index is 1.42. The highest BCUT2D eigenvalue weighted by Crippen LogP contribution is 2.59. The van der Waals surface area contributed by atoms with E-state index in [-0.39, 0.29) is 42.1 Å². The topological polar surface area (TPSA) is 75.7 Å². The van der Waals surface area contributed by atoms with E-state index in [4.69, 9.17) is 16.3 Å². The van der Waals surface area contributed by atoms with E-state index in [2.05, 4.69) is 5.43 Å². The SMILES string of the molecule is CC(C)=C1[C@@H]2CC[C@@H]1[C@@H]1C(=O)N(NC(=O)COc3ccc(Cl)c(C)c3)C(=O)[C@H]12. The molecule has 3 fully saturated rings. The van der Waals surface area contributed by atoms with Gasteiger partial charge in [-0.05, 0) is 69.2 Å². The van der Waals surface area contributed by atoms with Gasteiger partial charge in [0.15, 0.2) is 6.61 Å². The molecule has 2 aliphatic carbocycles. The smallest absolute Gasteiger partial charge is 0.276 e. The van der Waals surface area contributed by atoms with E-state index < -0.39 is 5.91 Å². The molecule has 1 N–H and O–H groups in total. The highest BCUT2D eigenvalue weighted by atomic mass is 35.5. The Labute approximate surface area is 168 Å². The predicted octanol–water partition coefficient (Wildman–Crippen LogP) is 3.04. The standard InChI is InChI=1S/C21H23ClN2O4/c1-10(2)17-13-5-6-14(17)19-18(13)20(26)24(21(19)27)23-16(25)9-28-12-4-7-15(22)11(3)8-12/h4,7-8,13-14,18-19H,5-6,9H2,1-3H3,(H,23,25)/t13-,14-,18-,19-/m0/s1. The van der Waals surface area contributed by atoms with Crippen LogP contribution in [0.2, 0.25) is 5.02 Å². The largest absolute Gasteiger partial charge is 0.484 e. The Kier molecular flexibility index (Phi) is 4.70. The van der Waals surface area contributed by atoms with Crippen molar-refractivity contribution in [3.63, 3.8) is 0 Å². The molecular formula is C21H23ClN2O4. The Morgan fingerprint density at radius 1 is 1.18 bits per heavy atom. The molecule has 0 spiro atoms. The summed E-state index contributed by atoms with van der Waals surface area (Å²) in [6.07, 6.45) is 1.87. The number of imide groups is 1. The van der Waals surface area contributed by atoms with Gasteiger partial charge < -0.3 is 4.74 Å². The second-order valence-electron chi connectivity index (χ2n) is 8.04. The molecule has 7 heteroatoms. The van der Waals surface area contributed by atoms with Crippen molar-refractivity contribution >= 4 is 29.3 Å². The van der Waals surface area contributed by atoms with E-state index in [1.807, 2.05) is 20.8 Å². The summed E-state index contributed by atoms with van der Waals surface area (Å²) in [5, 5.41) is 1.53. The lowest BCUT2D eigenvalue weighted by Crippen LogP contribution is -2.49. The Hall–Kier alpha value is -2.34. The zero-order valence-corrected chi connectivity index (χ0v) is 16.9. The number of carbonyl (C=O) groups is 3. The van der Waals surface area contributed by atoms with Crippen molar-refractivity contribution in [1.29, 1.82) is 0 Å². The van der Waals surface area contributed by atoms with E-state index in [0.29, 0.717) is 10.8 Å². The first-order valence-corrected chi connectivity index (χ1v) is 9.91. The van der Waals surface area contributed by atoms with Crippen LogP contribution in [0, 0.1) is 30.6 Å². The van der Waals surface area contributed by atoms with Gasteiger partial charge in [-0.3, -0.25) is 19.8 Å². The van der Waals surface area contributed by atoms with Crippen LogP contribution in [0.5, 0.6) is 5.75 Å². The fourth-order valence-electron chi connectivity index (χ4n) is 5.11. The second kappa shape index (κ2) is 6.92. The van der Waals surface area contributed by atoms with Crippen LogP contribution in [0.25, 0.3) is 0 Å². The molecule has 2 bridgehead atoms. The normalized spacial score (nSPS) is 28.0. The lowest BCUT2D eigenvalue weighted by molar-refractivity contribution is -0.150. The number of aryl methyl sites for hydroxylation is 1. The number of ether oxygens (including phenoxy) is 1. The number of halogens is 1. The third kappa shape index (κ3) is 2.91. The number of rotatable bonds is 4. The molecular weight excluding hydrogens is 380 g/mol. The maximum atomic E-state index is 12.9. The minimum atomic E-state index is -0.538. The van der Waals surface area contributed by atoms with Crippen LogP contribution >= 0.6 is 11.6 Å². The Morgan fingerprint density at radius 3 is 2.32 bits per heavy atom. The molecule has 0 unspecified atom stereocenters. The minimum absolute atomic E-state index is 0.131. The summed E-state index contributed by atoms with van der Waals surface area (Å²) in [4.78, 5) is 38.0. The van der Waals surface area contributed by atoms with Crippen LogP contribution in [0.4, 0.5) is 0 Å². The molecule has 1 saturated heterocycles. The van der Waals surface area contributed by atoms with Crippen molar-refractivity contribution in [2.24, 2.45) is 23.7 Å². The molecule has 1 aromatic rings. The number of hydrogen-bond acceptors (Lipinski definition) is 4. The first-order chi connectivity index (χ1) is 13.3. The number of nitrogens with zero attached hydrogens (tertiary/aromatic N) is 1. The number of carbonyl (C=O) groups excluding carboxylic acids is 3. The molecule has 1 aromatic carbocycles. The third-order valence-corrected chi connectivity index (χ3v) is 6.59. The minimum Gasteiger partial charge on any atom is -0.484 e. The second-order valence-corrected chi connectivity index (χ2v) is 8.45. The average Bonchev–Trinajstić information content (AvgIpc) is 3.28. The zero-order chi connectivity index (χ0) is 20.2. The van der Waals surface area contributed by atoms with Gasteiger partial charge in [0.2, 0.25) is 0 Å². The highest BCUT2D eigenvalue weighted by Gasteiger charge is 2.63. The van der Waals surface area contributed by atoms with Crippen LogP contribution in [0.3, 0.4) is 0 Å². The van der Waals surface area contributed by atoms with E-state index in [1.165, 1.54) is 11.1 Å². The maximum Gasteiger partial charge on any atom is 0.276 e. The van der Waals surface area contributed by atoms with Crippen molar-refractivity contribution in [3.05, 3.63) is 39.9 Å². The number of hydrogen-bond donors (Lipinski definition) is 1. The molecule has 148 valence electrons. The third-order valence-electron chi connectivity index (χ3n) is 6.17. The molecule has 1 heterocycles. The highest BCUT2D eigenvalue weighted by molar-refractivity contribution is 6.31. The molecule has 2 saturated carbocycles. The summed E-state index contributed by atoms with van der Waals surface area (Å²) in [7, 11) is 0. The van der Waals surface area contributed by atoms with E-state index in [0.717, 1.165) is 23.4 Å². The van der Waals surface area contributed by atoms with E-state index in [9.17, 15) is 14.4 Å². The van der Waals surface area contributed by atoms with Crippen molar-refractivity contribution < 1.29 is 19.1 Å². The van der Waals surface area contributed by atoms with Gasteiger partial charge in [-0.2, -0.15) is 5.01 Å². The van der Waals surface area contributed by atoms with E-state index in [1.54, 1.807) is 18.2 Å². The monoisotopic (exact) mass is 402 g/mol. The van der Waals surface area contributed by atoms with Crippen molar-refractivity contribution in [1.82, 2.24) is 10.4 Å². The van der Waals surface area contributed by atoms with Crippen molar-refractivity contribution in [2.75, 3.05) is 6.61 Å². The van der Waals surface area contributed by atoms with Gasteiger partial charge >= 0.3 is 0 Å². The van der Waals surface area contributed by atoms with Crippen LogP contribution in [-0.2, 0) is 14.4 Å². The van der Waals surface area contributed by atoms with Crippen molar-refractivity contribution in [3.8, 4) is 5.75 Å². The van der Waals surface area contributed by atoms with Crippen LogP contribution in [0.15, 0.2) is 29.3 Å². The van der Waals surface area contributed by atoms with Gasteiger partial charge in [-0.1, -0.05) is 22.7 Å². The molecule has 1 aliphatic heterocycles. The summed E-state index contributed by atoms with van der Waals surface area (Å²) in [6.45, 7) is 5.64. The van der Waals surface area contributed by atoms with Gasteiger partial charge in [-0.15, -0.1) is 0 Å². The Bertz CT molecular complexity index is 874. The maximum absolute atomic E-state index is 12.9. The van der Waals surface area contributed by atoms with Crippen molar-refractivity contribution in [2.45, 2.75) is 33.6 Å². The molecule has 6 nitrogen and oxygen atoms in total. The number of allylic oxidation sites excluding steroid dienone is 2. The van der Waals surface area contributed by atoms with Crippen LogP contribution < -0.4 is 10.2 Å². The van der Waals surface area contributed by atoms with Gasteiger partial charge in [0, 0.05) is 5.02 Å². The molecule has 28 heavy (non-hydrogen) atoms. The van der Waals surface area contributed by atoms with Gasteiger partial charge in [0.05, 0.1) is 11.8 Å². The number of amides is 3. The van der Waals surface area contributed by atoms with Crippen LogP contribution in [-0.4, -0.2) is 29.3 Å². The number of hydrazine groups is 1. The molecule has 3 amide bonds. The molecule has 0 radical (unpaired) electrons. The summed E-state index contributed by atoms with van der Waals surface area (Å²) >= 11 is 5.97. The lowest BCUT2D eigenvalue weighted by atomic mass is 9.81. The molecule has 3 aliphatic rings. The molecule has 0 aromatic heterocycles. The van der Waals surface area contributed by atoms with Gasteiger partial charge in [0.25, 0.3) is 17.7 Å². The Morgan fingerprint density at radius 2 is 1.79 bits per heavy atom. The number of benzene rings is 1. The first-order valence-electron chi connectivity index (χ1n) is 9.53. The van der Waals surface area contributed by atoms with Crippen LogP contribution in [0.1, 0.15) is 32.3 Å². The van der Waals surface area contributed by atoms with E-state index >= 15 is 0 Å². The lowest BCUT2D eigenvalue weighted by Gasteiger charge is -2.19. The first kappa shape index (κ1) is 19.0. The average molecular weight is 403 g/mol. The summed E-state index contributed by atoms with van der Waals surface area (Å²) in [5.41, 5.74) is 5.77. The number of nitrogens with one attached hydrogen (secondary N) is 1. The molecule has 4 rings (SSSR count). The summed E-state index contributed by atoms with van der Waals surface area (Å²) in [6, 6.07) is 5.08.